The minimum Gasteiger partial charge on any atom is -0.478 e. The number of H-pyrrole nitrogens is 1. The molecule has 1 aromatic heterocycles. The molecule has 0 spiro atoms. The normalized spacial score (nSPS) is 11.5. The minimum absolute atomic E-state index is 0.0366. The van der Waals surface area contributed by atoms with Crippen molar-refractivity contribution in [3.8, 4) is 0 Å². The summed E-state index contributed by atoms with van der Waals surface area (Å²) in [6.07, 6.45) is 3.58. The average molecular weight is 330 g/mol. The van der Waals surface area contributed by atoms with E-state index >= 15 is 0 Å². The van der Waals surface area contributed by atoms with Gasteiger partial charge in [0.1, 0.15) is 10.7 Å². The number of benzene rings is 1. The topological polar surface area (TPSA) is 112 Å². The summed E-state index contributed by atoms with van der Waals surface area (Å²) < 4.78 is 26.6. The largest absolute Gasteiger partial charge is 0.478 e. The molecule has 0 aliphatic rings. The fraction of sp³-hybridized carbons (Fsp3) is 0.167. The van der Waals surface area contributed by atoms with Gasteiger partial charge in [0, 0.05) is 25.4 Å². The number of aromatic nitrogens is 2. The molecule has 0 unspecified atom stereocenters. The number of carboxylic acids is 1. The second-order valence-electron chi connectivity index (χ2n) is 4.13. The quantitative estimate of drug-likeness (QED) is 0.739. The van der Waals surface area contributed by atoms with E-state index < -0.39 is 16.0 Å². The third kappa shape index (κ3) is 3.81. The van der Waals surface area contributed by atoms with Crippen molar-refractivity contribution in [2.24, 2.45) is 0 Å². The van der Waals surface area contributed by atoms with E-state index in [-0.39, 0.29) is 22.0 Å². The van der Waals surface area contributed by atoms with Crippen LogP contribution in [0.4, 0.5) is 0 Å². The molecule has 9 heteroatoms. The summed E-state index contributed by atoms with van der Waals surface area (Å²) in [4.78, 5) is 17.4. The zero-order valence-electron chi connectivity index (χ0n) is 10.7. The molecular weight excluding hydrogens is 318 g/mol. The number of nitrogens with one attached hydrogen (secondary N) is 2. The highest BCUT2D eigenvalue weighted by atomic mass is 35.5. The van der Waals surface area contributed by atoms with Gasteiger partial charge in [-0.25, -0.2) is 22.9 Å². The van der Waals surface area contributed by atoms with E-state index in [2.05, 4.69) is 14.7 Å². The van der Waals surface area contributed by atoms with Crippen LogP contribution < -0.4 is 4.72 Å². The fourth-order valence-corrected chi connectivity index (χ4v) is 3.21. The molecule has 0 saturated carbocycles. The lowest BCUT2D eigenvalue weighted by molar-refractivity contribution is 0.0696. The van der Waals surface area contributed by atoms with Crippen LogP contribution in [0.3, 0.4) is 0 Å². The monoisotopic (exact) mass is 329 g/mol. The van der Waals surface area contributed by atoms with Crippen LogP contribution in [0.1, 0.15) is 16.2 Å². The van der Waals surface area contributed by atoms with Crippen LogP contribution in [0, 0.1) is 0 Å². The molecule has 2 rings (SSSR count). The lowest BCUT2D eigenvalue weighted by Gasteiger charge is -2.08. The van der Waals surface area contributed by atoms with E-state index in [0.29, 0.717) is 12.2 Å². The molecule has 1 heterocycles. The summed E-state index contributed by atoms with van der Waals surface area (Å²) in [6.45, 7) is 0.115. The Morgan fingerprint density at radius 1 is 1.43 bits per heavy atom. The molecule has 0 atom stereocenters. The number of hydrogen-bond donors (Lipinski definition) is 3. The molecule has 0 radical (unpaired) electrons. The fourth-order valence-electron chi connectivity index (χ4n) is 1.66. The molecule has 3 N–H and O–H groups in total. The first-order chi connectivity index (χ1) is 9.90. The van der Waals surface area contributed by atoms with Gasteiger partial charge in [0.25, 0.3) is 0 Å². The van der Waals surface area contributed by atoms with Gasteiger partial charge >= 0.3 is 5.97 Å². The maximum atomic E-state index is 12.1. The van der Waals surface area contributed by atoms with E-state index in [1.54, 1.807) is 12.4 Å². The standard InChI is InChI=1S/C12H12ClN3O4S/c13-9-2-1-8(12(17)18)7-10(9)21(19,20)16-4-3-11-14-5-6-15-11/h1-2,5-7,16H,3-4H2,(H,14,15)(H,17,18). The number of halogens is 1. The molecule has 7 nitrogen and oxygen atoms in total. The summed E-state index contributed by atoms with van der Waals surface area (Å²) in [5, 5.41) is 8.86. The van der Waals surface area contributed by atoms with E-state index in [1.165, 1.54) is 12.1 Å². The average Bonchev–Trinajstić information content (AvgIpc) is 2.91. The Labute approximate surface area is 126 Å². The Kier molecular flexibility index (Phi) is 4.61. The van der Waals surface area contributed by atoms with Crippen molar-refractivity contribution in [2.75, 3.05) is 6.54 Å². The Balaban J connectivity index is 2.15. The number of aromatic carboxylic acids is 1. The number of imidazole rings is 1. The molecule has 2 aromatic rings. The summed E-state index contributed by atoms with van der Waals surface area (Å²) in [7, 11) is -3.89. The highest BCUT2D eigenvalue weighted by Crippen LogP contribution is 2.22. The van der Waals surface area contributed by atoms with Crippen LogP contribution in [-0.4, -0.2) is 36.0 Å². The van der Waals surface area contributed by atoms with Gasteiger partial charge in [-0.05, 0) is 18.2 Å². The zero-order chi connectivity index (χ0) is 15.5. The second kappa shape index (κ2) is 6.25. The highest BCUT2D eigenvalue weighted by Gasteiger charge is 2.19. The number of nitrogens with zero attached hydrogens (tertiary/aromatic N) is 1. The third-order valence-corrected chi connectivity index (χ3v) is 4.62. The lowest BCUT2D eigenvalue weighted by atomic mass is 10.2. The summed E-state index contributed by atoms with van der Waals surface area (Å²) in [5.74, 6) is -0.582. The van der Waals surface area contributed by atoms with Crippen LogP contribution in [0.15, 0.2) is 35.5 Å². The summed E-state index contributed by atoms with van der Waals surface area (Å²) in [6, 6.07) is 3.51. The molecule has 0 aliphatic heterocycles. The van der Waals surface area contributed by atoms with E-state index in [1.807, 2.05) is 0 Å². The predicted octanol–water partition coefficient (Wildman–Crippen LogP) is 1.28. The molecule has 0 saturated heterocycles. The smallest absolute Gasteiger partial charge is 0.335 e. The third-order valence-electron chi connectivity index (χ3n) is 2.68. The van der Waals surface area contributed by atoms with Crippen molar-refractivity contribution < 1.29 is 18.3 Å². The number of sulfonamides is 1. The Morgan fingerprint density at radius 3 is 2.81 bits per heavy atom. The van der Waals surface area contributed by atoms with Crippen molar-refractivity contribution in [3.05, 3.63) is 47.0 Å². The van der Waals surface area contributed by atoms with Crippen molar-refractivity contribution in [3.63, 3.8) is 0 Å². The van der Waals surface area contributed by atoms with Gasteiger partial charge in [0.15, 0.2) is 0 Å². The molecule has 21 heavy (non-hydrogen) atoms. The van der Waals surface area contributed by atoms with Gasteiger partial charge in [0.2, 0.25) is 10.0 Å². The first kappa shape index (κ1) is 15.5. The molecular formula is C12H12ClN3O4S. The van der Waals surface area contributed by atoms with E-state index in [4.69, 9.17) is 16.7 Å². The van der Waals surface area contributed by atoms with Gasteiger partial charge in [0.05, 0.1) is 10.6 Å². The minimum atomic E-state index is -3.89. The predicted molar refractivity (Wildman–Crippen MR) is 75.9 cm³/mol. The van der Waals surface area contributed by atoms with Crippen molar-refractivity contribution >= 4 is 27.6 Å². The van der Waals surface area contributed by atoms with Gasteiger partial charge in [-0.3, -0.25) is 0 Å². The summed E-state index contributed by atoms with van der Waals surface area (Å²) in [5.41, 5.74) is -0.147. The SMILES string of the molecule is O=C(O)c1ccc(Cl)c(S(=O)(=O)NCCc2ncc[nH]2)c1. The zero-order valence-corrected chi connectivity index (χ0v) is 12.3. The van der Waals surface area contributed by atoms with E-state index in [0.717, 1.165) is 6.07 Å². The number of carboxylic acid groups (broad SMARTS) is 1. The van der Waals surface area contributed by atoms with Crippen LogP contribution in [0.5, 0.6) is 0 Å². The number of rotatable bonds is 6. The highest BCUT2D eigenvalue weighted by molar-refractivity contribution is 7.89. The number of hydrogen-bond acceptors (Lipinski definition) is 4. The Morgan fingerprint density at radius 2 is 2.19 bits per heavy atom. The molecule has 0 amide bonds. The van der Waals surface area contributed by atoms with Crippen LogP contribution in [0.2, 0.25) is 5.02 Å². The maximum Gasteiger partial charge on any atom is 0.335 e. The number of aromatic amines is 1. The first-order valence-corrected chi connectivity index (χ1v) is 7.77. The second-order valence-corrected chi connectivity index (χ2v) is 6.28. The Bertz CT molecular complexity index is 744. The van der Waals surface area contributed by atoms with Crippen molar-refractivity contribution in [1.29, 1.82) is 0 Å². The number of carbonyl (C=O) groups is 1. The molecule has 1 aromatic carbocycles. The maximum absolute atomic E-state index is 12.1. The molecule has 0 aliphatic carbocycles. The molecule has 112 valence electrons. The van der Waals surface area contributed by atoms with Crippen LogP contribution >= 0.6 is 11.6 Å². The molecule has 0 fully saturated rings. The Hall–Kier alpha value is -1.90. The molecule has 0 bridgehead atoms. The van der Waals surface area contributed by atoms with Crippen LogP contribution in [0.25, 0.3) is 0 Å². The van der Waals surface area contributed by atoms with Gasteiger partial charge in [-0.15, -0.1) is 0 Å². The van der Waals surface area contributed by atoms with Gasteiger partial charge in [-0.2, -0.15) is 0 Å². The van der Waals surface area contributed by atoms with Crippen molar-refractivity contribution in [1.82, 2.24) is 14.7 Å². The van der Waals surface area contributed by atoms with Crippen LogP contribution in [-0.2, 0) is 16.4 Å². The van der Waals surface area contributed by atoms with Gasteiger partial charge < -0.3 is 10.1 Å². The van der Waals surface area contributed by atoms with Gasteiger partial charge in [-0.1, -0.05) is 11.6 Å². The first-order valence-electron chi connectivity index (χ1n) is 5.91. The van der Waals surface area contributed by atoms with Crippen molar-refractivity contribution in [2.45, 2.75) is 11.3 Å². The lowest BCUT2D eigenvalue weighted by Crippen LogP contribution is -2.26. The summed E-state index contributed by atoms with van der Waals surface area (Å²) >= 11 is 5.83. The van der Waals surface area contributed by atoms with E-state index in [9.17, 15) is 13.2 Å².